The Morgan fingerprint density at radius 1 is 1.30 bits per heavy atom. The Balaban J connectivity index is 2.45. The minimum absolute atomic E-state index is 0.0388. The van der Waals surface area contributed by atoms with E-state index in [1.165, 1.54) is 43.5 Å². The molecule has 0 saturated heterocycles. The number of aromatic nitrogens is 2. The molecule has 0 aliphatic carbocycles. The lowest BCUT2D eigenvalue weighted by molar-refractivity contribution is -0.384. The summed E-state index contributed by atoms with van der Waals surface area (Å²) in [5, 5.41) is 14.9. The third kappa shape index (κ3) is 3.42. The predicted molar refractivity (Wildman–Crippen MR) is 81.9 cm³/mol. The van der Waals surface area contributed by atoms with Crippen LogP contribution in [0.15, 0.2) is 41.2 Å². The van der Waals surface area contributed by atoms with Crippen LogP contribution in [0.3, 0.4) is 0 Å². The van der Waals surface area contributed by atoms with Crippen LogP contribution in [0.25, 0.3) is 11.3 Å². The second kappa shape index (κ2) is 6.82. The van der Waals surface area contributed by atoms with Crippen molar-refractivity contribution in [1.82, 2.24) is 9.78 Å². The minimum Gasteiger partial charge on any atom is -0.467 e. The maximum Gasteiger partial charge on any atom is 0.330 e. The highest BCUT2D eigenvalue weighted by Crippen LogP contribution is 2.20. The molecule has 120 valence electrons. The number of methoxy groups -OCH3 is 1. The van der Waals surface area contributed by atoms with E-state index in [4.69, 9.17) is 0 Å². The second-order valence-electron chi connectivity index (χ2n) is 4.75. The van der Waals surface area contributed by atoms with E-state index >= 15 is 0 Å². The molecule has 0 aliphatic rings. The van der Waals surface area contributed by atoms with Crippen molar-refractivity contribution in [2.75, 3.05) is 7.11 Å². The SMILES string of the molecule is CC[C@H](C(=O)OC)n1nc(-c2ccc([N+](=O)[O-])cc2)ccc1=O. The molecule has 1 heterocycles. The van der Waals surface area contributed by atoms with E-state index in [9.17, 15) is 19.7 Å². The van der Waals surface area contributed by atoms with Gasteiger partial charge in [-0.05, 0) is 24.6 Å². The highest BCUT2D eigenvalue weighted by molar-refractivity contribution is 5.74. The number of hydrogen-bond acceptors (Lipinski definition) is 6. The lowest BCUT2D eigenvalue weighted by atomic mass is 10.1. The Kier molecular flexibility index (Phi) is 4.85. The maximum atomic E-state index is 12.0. The fourth-order valence-electron chi connectivity index (χ4n) is 2.13. The third-order valence-electron chi connectivity index (χ3n) is 3.35. The normalized spacial score (nSPS) is 11.7. The third-order valence-corrected chi connectivity index (χ3v) is 3.35. The number of esters is 1. The molecule has 1 atom stereocenters. The number of rotatable bonds is 5. The second-order valence-corrected chi connectivity index (χ2v) is 4.75. The predicted octanol–water partition coefficient (Wildman–Crippen LogP) is 1.94. The van der Waals surface area contributed by atoms with Crippen molar-refractivity contribution in [2.24, 2.45) is 0 Å². The van der Waals surface area contributed by atoms with Crippen LogP contribution < -0.4 is 5.56 Å². The molecule has 0 bridgehead atoms. The minimum atomic E-state index is -0.814. The van der Waals surface area contributed by atoms with Crippen LogP contribution in [0.4, 0.5) is 5.69 Å². The van der Waals surface area contributed by atoms with Gasteiger partial charge in [-0.25, -0.2) is 9.48 Å². The summed E-state index contributed by atoms with van der Waals surface area (Å²) in [5.41, 5.74) is 0.571. The van der Waals surface area contributed by atoms with Crippen LogP contribution in [0.1, 0.15) is 19.4 Å². The van der Waals surface area contributed by atoms with Crippen molar-refractivity contribution in [2.45, 2.75) is 19.4 Å². The number of ether oxygens (including phenoxy) is 1. The zero-order valence-electron chi connectivity index (χ0n) is 12.6. The summed E-state index contributed by atoms with van der Waals surface area (Å²) >= 11 is 0. The number of non-ortho nitro benzene ring substituents is 1. The average molecular weight is 317 g/mol. The van der Waals surface area contributed by atoms with Crippen molar-refractivity contribution >= 4 is 11.7 Å². The summed E-state index contributed by atoms with van der Waals surface area (Å²) in [5.74, 6) is -0.553. The molecule has 1 aromatic heterocycles. The fourth-order valence-corrected chi connectivity index (χ4v) is 2.13. The molecule has 23 heavy (non-hydrogen) atoms. The summed E-state index contributed by atoms with van der Waals surface area (Å²) in [6, 6.07) is 7.77. The summed E-state index contributed by atoms with van der Waals surface area (Å²) in [6.45, 7) is 1.74. The average Bonchev–Trinajstić information content (AvgIpc) is 2.57. The first-order chi connectivity index (χ1) is 11.0. The van der Waals surface area contributed by atoms with Crippen LogP contribution in [0.2, 0.25) is 0 Å². The molecular formula is C15H15N3O5. The van der Waals surface area contributed by atoms with Crippen LogP contribution >= 0.6 is 0 Å². The molecule has 0 aliphatic heterocycles. The molecule has 0 amide bonds. The van der Waals surface area contributed by atoms with E-state index in [0.717, 1.165) is 4.68 Å². The van der Waals surface area contributed by atoms with Gasteiger partial charge in [0.25, 0.3) is 11.2 Å². The number of carbonyl (C=O) groups is 1. The molecule has 0 radical (unpaired) electrons. The van der Waals surface area contributed by atoms with Crippen LogP contribution in [0.5, 0.6) is 0 Å². The van der Waals surface area contributed by atoms with Gasteiger partial charge in [0.1, 0.15) is 0 Å². The van der Waals surface area contributed by atoms with E-state index in [0.29, 0.717) is 17.7 Å². The Morgan fingerprint density at radius 3 is 2.48 bits per heavy atom. The van der Waals surface area contributed by atoms with Gasteiger partial charge >= 0.3 is 5.97 Å². The van der Waals surface area contributed by atoms with Gasteiger partial charge in [-0.15, -0.1) is 0 Å². The zero-order valence-corrected chi connectivity index (χ0v) is 12.6. The van der Waals surface area contributed by atoms with Crippen molar-refractivity contribution in [3.05, 3.63) is 56.9 Å². The van der Waals surface area contributed by atoms with Gasteiger partial charge in [-0.1, -0.05) is 6.92 Å². The van der Waals surface area contributed by atoms with E-state index in [1.807, 2.05) is 0 Å². The Hall–Kier alpha value is -3.03. The van der Waals surface area contributed by atoms with E-state index < -0.39 is 22.5 Å². The molecule has 0 fully saturated rings. The standard InChI is InChI=1S/C15H15N3O5/c1-3-13(15(20)23-2)17-14(19)9-8-12(16-17)10-4-6-11(7-5-10)18(21)22/h4-9,13H,3H2,1-2H3/t13-/m1/s1. The molecule has 2 aromatic rings. The zero-order chi connectivity index (χ0) is 17.0. The largest absolute Gasteiger partial charge is 0.467 e. The first kappa shape index (κ1) is 16.3. The van der Waals surface area contributed by atoms with Crippen molar-refractivity contribution < 1.29 is 14.5 Å². The number of benzene rings is 1. The molecule has 2 rings (SSSR count). The molecule has 8 nitrogen and oxygen atoms in total. The first-order valence-electron chi connectivity index (χ1n) is 6.90. The summed E-state index contributed by atoms with van der Waals surface area (Å²) < 4.78 is 5.76. The highest BCUT2D eigenvalue weighted by Gasteiger charge is 2.21. The molecule has 0 saturated carbocycles. The van der Waals surface area contributed by atoms with Gasteiger partial charge in [0.2, 0.25) is 0 Å². The Bertz CT molecular complexity index is 782. The van der Waals surface area contributed by atoms with Gasteiger partial charge in [-0.2, -0.15) is 5.10 Å². The summed E-state index contributed by atoms with van der Waals surface area (Å²) in [7, 11) is 1.25. The monoisotopic (exact) mass is 317 g/mol. The topological polar surface area (TPSA) is 104 Å². The lowest BCUT2D eigenvalue weighted by Crippen LogP contribution is -2.32. The molecule has 1 aromatic carbocycles. The van der Waals surface area contributed by atoms with E-state index in [1.54, 1.807) is 6.92 Å². The molecular weight excluding hydrogens is 302 g/mol. The highest BCUT2D eigenvalue weighted by atomic mass is 16.6. The number of nitrogens with zero attached hydrogens (tertiary/aromatic N) is 3. The van der Waals surface area contributed by atoms with Crippen LogP contribution in [-0.2, 0) is 9.53 Å². The lowest BCUT2D eigenvalue weighted by Gasteiger charge is -2.15. The van der Waals surface area contributed by atoms with Gasteiger partial charge in [0, 0.05) is 23.8 Å². The van der Waals surface area contributed by atoms with Gasteiger partial charge in [0.05, 0.1) is 17.7 Å². The number of nitro groups is 1. The summed E-state index contributed by atoms with van der Waals surface area (Å²) in [4.78, 5) is 33.9. The van der Waals surface area contributed by atoms with Crippen molar-refractivity contribution in [3.63, 3.8) is 0 Å². The molecule has 0 unspecified atom stereocenters. The molecule has 8 heteroatoms. The van der Waals surface area contributed by atoms with E-state index in [-0.39, 0.29) is 5.69 Å². The molecule has 0 spiro atoms. The van der Waals surface area contributed by atoms with Gasteiger partial charge in [-0.3, -0.25) is 14.9 Å². The number of hydrogen-bond donors (Lipinski definition) is 0. The number of carbonyl (C=O) groups excluding carboxylic acids is 1. The smallest absolute Gasteiger partial charge is 0.330 e. The quantitative estimate of drug-likeness (QED) is 0.474. The van der Waals surface area contributed by atoms with Crippen molar-refractivity contribution in [3.8, 4) is 11.3 Å². The van der Waals surface area contributed by atoms with Gasteiger partial charge < -0.3 is 4.74 Å². The Morgan fingerprint density at radius 2 is 1.96 bits per heavy atom. The van der Waals surface area contributed by atoms with Crippen molar-refractivity contribution in [1.29, 1.82) is 0 Å². The maximum absolute atomic E-state index is 12.0. The van der Waals surface area contributed by atoms with Gasteiger partial charge in [0.15, 0.2) is 6.04 Å². The van der Waals surface area contributed by atoms with Crippen LogP contribution in [0, 0.1) is 10.1 Å². The van der Waals surface area contributed by atoms with E-state index in [2.05, 4.69) is 9.84 Å². The van der Waals surface area contributed by atoms with Crippen LogP contribution in [-0.4, -0.2) is 27.8 Å². The Labute approximate surface area is 131 Å². The fraction of sp³-hybridized carbons (Fsp3) is 0.267. The summed E-state index contributed by atoms with van der Waals surface area (Å²) in [6.07, 6.45) is 0.350. The first-order valence-corrected chi connectivity index (χ1v) is 6.90. The molecule has 0 N–H and O–H groups in total. The number of nitro benzene ring substituents is 1.